The summed E-state index contributed by atoms with van der Waals surface area (Å²) in [6, 6.07) is 0. The third-order valence-corrected chi connectivity index (χ3v) is 8.53. The number of amides is 2. The summed E-state index contributed by atoms with van der Waals surface area (Å²) < 4.78 is 0. The summed E-state index contributed by atoms with van der Waals surface area (Å²) in [6.45, 7) is 18.1. The number of nitrogens with zero attached hydrogens (tertiary/aromatic N) is 1. The number of carboxylic acid groups (broad SMARTS) is 2. The number of hydrogen-bond donors (Lipinski definition) is 5. The Bertz CT molecular complexity index is 1790. The molecule has 3 aliphatic rings. The van der Waals surface area contributed by atoms with E-state index in [1.165, 1.54) is 0 Å². The monoisotopic (exact) mass is 610 g/mol. The zero-order chi connectivity index (χ0) is 33.3. The van der Waals surface area contributed by atoms with Crippen LogP contribution in [0.3, 0.4) is 0 Å². The van der Waals surface area contributed by atoms with Gasteiger partial charge in [-0.1, -0.05) is 39.2 Å². The van der Waals surface area contributed by atoms with Crippen molar-refractivity contribution in [3.63, 3.8) is 0 Å². The molecule has 1 aromatic rings. The molecule has 0 unspecified atom stereocenters. The molecular weight excluding hydrogens is 572 g/mol. The smallest absolute Gasteiger partial charge is 0.306 e. The van der Waals surface area contributed by atoms with E-state index in [0.717, 1.165) is 22.3 Å². The molecule has 0 saturated heterocycles. The van der Waals surface area contributed by atoms with Crippen LogP contribution in [0.5, 0.6) is 0 Å². The minimum absolute atomic E-state index is 0.203. The van der Waals surface area contributed by atoms with Crippen LogP contribution in [0, 0.1) is 18.8 Å². The number of hydrogen-bond acceptors (Lipinski definition) is 5. The topological polar surface area (TPSA) is 161 Å². The van der Waals surface area contributed by atoms with Crippen LogP contribution in [-0.2, 0) is 25.6 Å². The molecule has 0 fully saturated rings. The molecule has 234 valence electrons. The second-order valence-corrected chi connectivity index (χ2v) is 11.6. The van der Waals surface area contributed by atoms with Crippen molar-refractivity contribution in [2.75, 3.05) is 0 Å². The van der Waals surface area contributed by atoms with Crippen LogP contribution in [0.1, 0.15) is 63.6 Å². The summed E-state index contributed by atoms with van der Waals surface area (Å²) in [7, 11) is 0. The lowest BCUT2D eigenvalue weighted by atomic mass is 9.93. The van der Waals surface area contributed by atoms with E-state index >= 15 is 0 Å². The first-order valence-electron chi connectivity index (χ1n) is 14.6. The van der Waals surface area contributed by atoms with Gasteiger partial charge in [-0.25, -0.2) is 4.99 Å². The molecular formula is C35H38N4O6. The molecule has 4 rings (SSSR count). The zero-order valence-electron chi connectivity index (χ0n) is 26.3. The molecule has 10 heteroatoms. The van der Waals surface area contributed by atoms with E-state index in [-0.39, 0.29) is 24.7 Å². The van der Waals surface area contributed by atoms with E-state index in [1.54, 1.807) is 52.0 Å². The quantitative estimate of drug-likeness (QED) is 0.229. The van der Waals surface area contributed by atoms with Gasteiger partial charge in [0, 0.05) is 33.7 Å². The van der Waals surface area contributed by atoms with Crippen molar-refractivity contribution in [2.45, 2.75) is 54.4 Å². The second kappa shape index (κ2) is 12.8. The van der Waals surface area contributed by atoms with Gasteiger partial charge in [0.1, 0.15) is 0 Å². The Morgan fingerprint density at radius 1 is 0.778 bits per heavy atom. The van der Waals surface area contributed by atoms with E-state index in [4.69, 9.17) is 4.99 Å². The first-order valence-corrected chi connectivity index (χ1v) is 14.6. The number of H-pyrrole nitrogens is 1. The summed E-state index contributed by atoms with van der Waals surface area (Å²) in [4.78, 5) is 56.7. The number of aliphatic carboxylic acids is 2. The molecule has 0 aromatic carbocycles. The fourth-order valence-corrected chi connectivity index (χ4v) is 5.53. The van der Waals surface area contributed by atoms with Crippen molar-refractivity contribution < 1.29 is 29.4 Å². The number of carbonyl (C=O) groups is 4. The van der Waals surface area contributed by atoms with E-state index < -0.39 is 23.8 Å². The SMILES string of the molecule is C=CC1=C(C)C(=O)N/C1=C\C1=NC(=C/c2[nH]c(/C=C3\NC(=O)C(C)=C3C=C)c(C)c2C[C@@H](C)C(=O)O)/C(C[C@H](C)C(=O)O)=C1C. The third kappa shape index (κ3) is 6.35. The fraction of sp³-hybridized carbons (Fsp3) is 0.286. The highest BCUT2D eigenvalue weighted by Crippen LogP contribution is 2.36. The summed E-state index contributed by atoms with van der Waals surface area (Å²) in [6.07, 6.45) is 9.00. The number of nitrogens with one attached hydrogen (secondary N) is 3. The van der Waals surface area contributed by atoms with Gasteiger partial charge in [0.2, 0.25) is 0 Å². The highest BCUT2D eigenvalue weighted by molar-refractivity contribution is 6.14. The normalized spacial score (nSPS) is 20.8. The van der Waals surface area contributed by atoms with Crippen LogP contribution in [0.25, 0.3) is 12.2 Å². The van der Waals surface area contributed by atoms with Gasteiger partial charge in [-0.3, -0.25) is 19.2 Å². The van der Waals surface area contributed by atoms with Crippen molar-refractivity contribution in [1.29, 1.82) is 0 Å². The number of carboxylic acids is 2. The second-order valence-electron chi connectivity index (χ2n) is 11.6. The third-order valence-electron chi connectivity index (χ3n) is 8.53. The Labute approximate surface area is 262 Å². The maximum absolute atomic E-state index is 12.3. The number of allylic oxidation sites excluding steroid dienone is 5. The molecule has 0 radical (unpaired) electrons. The van der Waals surface area contributed by atoms with Crippen molar-refractivity contribution in [1.82, 2.24) is 15.6 Å². The predicted octanol–water partition coefficient (Wildman–Crippen LogP) is 5.30. The predicted molar refractivity (Wildman–Crippen MR) is 174 cm³/mol. The Balaban J connectivity index is 1.90. The van der Waals surface area contributed by atoms with Crippen molar-refractivity contribution in [2.24, 2.45) is 16.8 Å². The summed E-state index contributed by atoms with van der Waals surface area (Å²) in [5.41, 5.74) is 9.00. The summed E-state index contributed by atoms with van der Waals surface area (Å²) in [5, 5.41) is 25.1. The molecule has 3 aliphatic heterocycles. The minimum Gasteiger partial charge on any atom is -0.481 e. The van der Waals surface area contributed by atoms with Gasteiger partial charge < -0.3 is 25.8 Å². The van der Waals surface area contributed by atoms with Crippen molar-refractivity contribution in [3.05, 3.63) is 104 Å². The number of carbonyl (C=O) groups excluding carboxylic acids is 2. The molecule has 10 nitrogen and oxygen atoms in total. The van der Waals surface area contributed by atoms with Gasteiger partial charge in [-0.2, -0.15) is 0 Å². The maximum Gasteiger partial charge on any atom is 0.306 e. The lowest BCUT2D eigenvalue weighted by molar-refractivity contribution is -0.142. The number of aromatic nitrogens is 1. The van der Waals surface area contributed by atoms with E-state index in [0.29, 0.717) is 56.5 Å². The van der Waals surface area contributed by atoms with Crippen LogP contribution in [0.2, 0.25) is 0 Å². The van der Waals surface area contributed by atoms with Crippen LogP contribution < -0.4 is 10.6 Å². The van der Waals surface area contributed by atoms with Crippen LogP contribution >= 0.6 is 0 Å². The molecule has 0 saturated carbocycles. The molecule has 0 aliphatic carbocycles. The van der Waals surface area contributed by atoms with E-state index in [1.807, 2.05) is 19.9 Å². The molecule has 0 bridgehead atoms. The molecule has 0 spiro atoms. The van der Waals surface area contributed by atoms with Crippen LogP contribution in [0.15, 0.2) is 86.9 Å². The van der Waals surface area contributed by atoms with Crippen LogP contribution in [-0.4, -0.2) is 44.7 Å². The van der Waals surface area contributed by atoms with Gasteiger partial charge in [-0.05, 0) is 81.0 Å². The molecule has 45 heavy (non-hydrogen) atoms. The maximum atomic E-state index is 12.3. The molecule has 5 N–H and O–H groups in total. The first-order chi connectivity index (χ1) is 21.2. The lowest BCUT2D eigenvalue weighted by Crippen LogP contribution is -2.16. The lowest BCUT2D eigenvalue weighted by Gasteiger charge is -2.11. The summed E-state index contributed by atoms with van der Waals surface area (Å²) >= 11 is 0. The zero-order valence-corrected chi connectivity index (χ0v) is 26.3. The average molecular weight is 611 g/mol. The molecule has 2 atom stereocenters. The summed E-state index contributed by atoms with van der Waals surface area (Å²) in [5.74, 6) is -3.72. The van der Waals surface area contributed by atoms with Gasteiger partial charge in [0.05, 0.1) is 34.6 Å². The fourth-order valence-electron chi connectivity index (χ4n) is 5.53. The van der Waals surface area contributed by atoms with E-state index in [9.17, 15) is 29.4 Å². The van der Waals surface area contributed by atoms with Gasteiger partial charge in [-0.15, -0.1) is 0 Å². The van der Waals surface area contributed by atoms with Crippen LogP contribution in [0.4, 0.5) is 0 Å². The van der Waals surface area contributed by atoms with Gasteiger partial charge in [0.25, 0.3) is 11.8 Å². The molecule has 1 aromatic heterocycles. The molecule has 2 amide bonds. The first kappa shape index (κ1) is 32.7. The Morgan fingerprint density at radius 3 is 1.80 bits per heavy atom. The Morgan fingerprint density at radius 2 is 1.29 bits per heavy atom. The number of aromatic amines is 1. The van der Waals surface area contributed by atoms with Gasteiger partial charge >= 0.3 is 11.9 Å². The Hall–Kier alpha value is -5.25. The Kier molecular flexibility index (Phi) is 9.27. The van der Waals surface area contributed by atoms with Crippen molar-refractivity contribution >= 4 is 41.6 Å². The average Bonchev–Trinajstić information content (AvgIpc) is 3.62. The van der Waals surface area contributed by atoms with Gasteiger partial charge in [0.15, 0.2) is 0 Å². The van der Waals surface area contributed by atoms with Crippen molar-refractivity contribution in [3.8, 4) is 0 Å². The number of rotatable bonds is 11. The minimum atomic E-state index is -0.947. The largest absolute Gasteiger partial charge is 0.481 e. The molecule has 4 heterocycles. The number of aliphatic imine (C=N–C) groups is 1. The highest BCUT2D eigenvalue weighted by Gasteiger charge is 2.28. The van der Waals surface area contributed by atoms with E-state index in [2.05, 4.69) is 28.8 Å². The standard InChI is InChI=1S/C35H38N4O6/c1-9-22-20(7)32(40)38-28(22)13-26-18(5)24(11-16(3)34(42)43)30(36-26)15-31-25(12-17(4)35(44)45)19(6)27(37-31)14-29-23(10-2)21(8)33(41)39-29/h9-10,13-17,36H,1-2,11-12H2,3-8H3,(H,38,40)(H,39,41)(H,42,43)(H,44,45)/b28-13-,29-14-,31-15+/t16-,17+/m1/s1. The highest BCUT2D eigenvalue weighted by atomic mass is 16.4.